The molecule has 1 aromatic carbocycles. The molecule has 0 saturated carbocycles. The number of hydrogen-bond donors (Lipinski definition) is 4. The Morgan fingerprint density at radius 3 is 2.21 bits per heavy atom. The molecular formula is C31H47N5O5S. The van der Waals surface area contributed by atoms with E-state index in [1.54, 1.807) is 43.1 Å². The molecule has 42 heavy (non-hydrogen) atoms. The van der Waals surface area contributed by atoms with E-state index in [9.17, 15) is 24.3 Å². The molecule has 0 bridgehead atoms. The van der Waals surface area contributed by atoms with Gasteiger partial charge in [0.2, 0.25) is 11.8 Å². The maximum absolute atomic E-state index is 13.3. The van der Waals surface area contributed by atoms with Crippen LogP contribution in [0.25, 0.3) is 0 Å². The van der Waals surface area contributed by atoms with E-state index in [4.69, 9.17) is 0 Å². The monoisotopic (exact) mass is 601 g/mol. The van der Waals surface area contributed by atoms with E-state index in [0.717, 1.165) is 10.7 Å². The summed E-state index contributed by atoms with van der Waals surface area (Å²) in [5, 5.41) is 22.4. The minimum absolute atomic E-state index is 0.0457. The zero-order valence-electron chi connectivity index (χ0n) is 26.1. The lowest BCUT2D eigenvalue weighted by atomic mass is 9.92. The molecule has 1 aromatic heterocycles. The predicted octanol–water partition coefficient (Wildman–Crippen LogP) is 3.67. The molecule has 2 rings (SSSR count). The molecule has 4 N–H and O–H groups in total. The highest BCUT2D eigenvalue weighted by molar-refractivity contribution is 7.09. The maximum atomic E-state index is 13.3. The number of nitrogens with zero attached hydrogens (tertiary/aromatic N) is 2. The molecule has 4 unspecified atom stereocenters. The van der Waals surface area contributed by atoms with Crippen LogP contribution in [0.15, 0.2) is 29.6 Å². The van der Waals surface area contributed by atoms with E-state index in [1.807, 2.05) is 46.9 Å². The number of aryl methyl sites for hydroxylation is 1. The number of amides is 4. The number of rotatable bonds is 15. The van der Waals surface area contributed by atoms with Crippen LogP contribution in [0.1, 0.15) is 92.2 Å². The Balaban J connectivity index is 2.07. The average Bonchev–Trinajstić information content (AvgIpc) is 3.33. The third-order valence-corrected chi connectivity index (χ3v) is 7.73. The molecule has 0 aliphatic rings. The van der Waals surface area contributed by atoms with E-state index < -0.39 is 30.0 Å². The van der Waals surface area contributed by atoms with E-state index >= 15 is 0 Å². The summed E-state index contributed by atoms with van der Waals surface area (Å²) in [6.45, 7) is 13.5. The average molecular weight is 602 g/mol. The first-order valence-electron chi connectivity index (χ1n) is 14.6. The molecule has 0 radical (unpaired) electrons. The normalized spacial score (nSPS) is 14.2. The van der Waals surface area contributed by atoms with Crippen molar-refractivity contribution < 1.29 is 24.3 Å². The summed E-state index contributed by atoms with van der Waals surface area (Å²) in [6, 6.07) is 5.16. The molecule has 2 aromatic rings. The second-order valence-corrected chi connectivity index (χ2v) is 12.6. The summed E-state index contributed by atoms with van der Waals surface area (Å²) < 4.78 is 0. The number of aromatic nitrogens is 1. The third-order valence-electron chi connectivity index (χ3n) is 6.78. The van der Waals surface area contributed by atoms with Crippen LogP contribution < -0.4 is 16.0 Å². The van der Waals surface area contributed by atoms with Gasteiger partial charge in [0.25, 0.3) is 11.8 Å². The SMILES string of the molecule is CCC(NC(=O)C(C)CC(O)C(CC(C)C)NC(=O)c1cccc(C(=O)N(C)Cc2nc(C)cs2)c1)C(=O)NC(C)C. The fraction of sp³-hybridized carbons (Fsp3) is 0.581. The van der Waals surface area contributed by atoms with Gasteiger partial charge in [-0.25, -0.2) is 4.98 Å². The van der Waals surface area contributed by atoms with Gasteiger partial charge in [0.1, 0.15) is 11.0 Å². The molecule has 4 amide bonds. The standard InChI is InChI=1S/C31H47N5O5S/c1-9-24(30(40)32-19(4)5)34-28(38)20(6)14-26(37)25(13-18(2)3)35-29(39)22-11-10-12-23(15-22)31(41)36(8)16-27-33-21(7)17-42-27/h10-12,15,17-20,24-26,37H,9,13-14,16H2,1-8H3,(H,32,40)(H,34,38)(H,35,39). The number of carbonyl (C=O) groups excluding carboxylic acids is 4. The van der Waals surface area contributed by atoms with Gasteiger partial charge in [-0.1, -0.05) is 33.8 Å². The van der Waals surface area contributed by atoms with Gasteiger partial charge in [-0.2, -0.15) is 0 Å². The van der Waals surface area contributed by atoms with Crippen LogP contribution in [0.5, 0.6) is 0 Å². The predicted molar refractivity (Wildman–Crippen MR) is 165 cm³/mol. The zero-order chi connectivity index (χ0) is 31.6. The highest BCUT2D eigenvalue weighted by Gasteiger charge is 2.29. The number of aliphatic hydroxyl groups is 1. The van der Waals surface area contributed by atoms with Crippen molar-refractivity contribution in [3.8, 4) is 0 Å². The quantitative estimate of drug-likeness (QED) is 0.246. The van der Waals surface area contributed by atoms with Crippen molar-refractivity contribution in [2.45, 2.75) is 98.5 Å². The molecule has 232 valence electrons. The van der Waals surface area contributed by atoms with Crippen LogP contribution in [0, 0.1) is 18.8 Å². The lowest BCUT2D eigenvalue weighted by Gasteiger charge is -2.28. The Bertz CT molecular complexity index is 1210. The smallest absolute Gasteiger partial charge is 0.253 e. The number of nitrogens with one attached hydrogen (secondary N) is 3. The van der Waals surface area contributed by atoms with Crippen molar-refractivity contribution >= 4 is 35.0 Å². The summed E-state index contributed by atoms with van der Waals surface area (Å²) in [6.07, 6.45) is 0.0302. The number of thiazole rings is 1. The van der Waals surface area contributed by atoms with Crippen molar-refractivity contribution in [3.63, 3.8) is 0 Å². The molecule has 0 aliphatic heterocycles. The Morgan fingerprint density at radius 2 is 1.64 bits per heavy atom. The topological polar surface area (TPSA) is 141 Å². The van der Waals surface area contributed by atoms with Gasteiger partial charge in [-0.15, -0.1) is 11.3 Å². The minimum Gasteiger partial charge on any atom is -0.391 e. The van der Waals surface area contributed by atoms with Crippen molar-refractivity contribution in [1.82, 2.24) is 25.8 Å². The summed E-state index contributed by atoms with van der Waals surface area (Å²) in [7, 11) is 1.69. The van der Waals surface area contributed by atoms with Crippen LogP contribution in [0.2, 0.25) is 0 Å². The van der Waals surface area contributed by atoms with Crippen molar-refractivity contribution in [1.29, 1.82) is 0 Å². The maximum Gasteiger partial charge on any atom is 0.253 e. The van der Waals surface area contributed by atoms with Gasteiger partial charge >= 0.3 is 0 Å². The van der Waals surface area contributed by atoms with Gasteiger partial charge in [-0.05, 0) is 64.2 Å². The van der Waals surface area contributed by atoms with Gasteiger partial charge in [0.15, 0.2) is 0 Å². The van der Waals surface area contributed by atoms with E-state index in [2.05, 4.69) is 20.9 Å². The van der Waals surface area contributed by atoms with Crippen LogP contribution in [0.3, 0.4) is 0 Å². The van der Waals surface area contributed by atoms with Crippen molar-refractivity contribution in [2.75, 3.05) is 7.05 Å². The molecule has 0 saturated heterocycles. The van der Waals surface area contributed by atoms with Crippen molar-refractivity contribution in [2.24, 2.45) is 11.8 Å². The molecule has 0 aliphatic carbocycles. The molecule has 1 heterocycles. The second-order valence-electron chi connectivity index (χ2n) is 11.7. The summed E-state index contributed by atoms with van der Waals surface area (Å²) in [4.78, 5) is 57.5. The first-order chi connectivity index (χ1) is 19.7. The largest absolute Gasteiger partial charge is 0.391 e. The molecule has 0 spiro atoms. The highest BCUT2D eigenvalue weighted by atomic mass is 32.1. The zero-order valence-corrected chi connectivity index (χ0v) is 26.9. The summed E-state index contributed by atoms with van der Waals surface area (Å²) in [5.74, 6) is -1.66. The second kappa shape index (κ2) is 16.4. The lowest BCUT2D eigenvalue weighted by Crippen LogP contribution is -2.50. The first-order valence-corrected chi connectivity index (χ1v) is 15.5. The van der Waals surface area contributed by atoms with Crippen LogP contribution >= 0.6 is 11.3 Å². The number of carbonyl (C=O) groups is 4. The summed E-state index contributed by atoms with van der Waals surface area (Å²) >= 11 is 1.49. The molecular weight excluding hydrogens is 554 g/mol. The van der Waals surface area contributed by atoms with Gasteiger partial charge < -0.3 is 26.0 Å². The van der Waals surface area contributed by atoms with E-state index in [1.165, 1.54) is 11.3 Å². The fourth-order valence-corrected chi connectivity index (χ4v) is 5.35. The minimum atomic E-state index is -1.00. The number of hydrogen-bond acceptors (Lipinski definition) is 7. The third kappa shape index (κ3) is 10.8. The molecule has 10 nitrogen and oxygen atoms in total. The fourth-order valence-electron chi connectivity index (χ4n) is 4.52. The summed E-state index contributed by atoms with van der Waals surface area (Å²) in [5.41, 5.74) is 1.58. The Labute approximate surface area is 253 Å². The first kappa shape index (κ1) is 34.9. The molecule has 0 fully saturated rings. The Hall–Kier alpha value is -3.31. The van der Waals surface area contributed by atoms with Gasteiger partial charge in [0, 0.05) is 41.2 Å². The lowest BCUT2D eigenvalue weighted by molar-refractivity contribution is -0.131. The Kier molecular flexibility index (Phi) is 13.6. The van der Waals surface area contributed by atoms with E-state index in [-0.39, 0.29) is 36.1 Å². The number of aliphatic hydroxyl groups excluding tert-OH is 1. The van der Waals surface area contributed by atoms with Crippen molar-refractivity contribution in [3.05, 3.63) is 51.5 Å². The number of benzene rings is 1. The Morgan fingerprint density at radius 1 is 0.976 bits per heavy atom. The molecule has 4 atom stereocenters. The van der Waals surface area contributed by atoms with Gasteiger partial charge in [-0.3, -0.25) is 19.2 Å². The van der Waals surface area contributed by atoms with Crippen LogP contribution in [0.4, 0.5) is 0 Å². The molecule has 11 heteroatoms. The van der Waals surface area contributed by atoms with Crippen LogP contribution in [-0.4, -0.2) is 69.9 Å². The van der Waals surface area contributed by atoms with Crippen LogP contribution in [-0.2, 0) is 16.1 Å². The van der Waals surface area contributed by atoms with E-state index in [0.29, 0.717) is 30.5 Å². The highest BCUT2D eigenvalue weighted by Crippen LogP contribution is 2.18. The van der Waals surface area contributed by atoms with Gasteiger partial charge in [0.05, 0.1) is 18.7 Å².